The zero-order valence-electron chi connectivity index (χ0n) is 37.5. The van der Waals surface area contributed by atoms with Crippen molar-refractivity contribution in [1.82, 2.24) is 5.32 Å². The molecule has 9 N–H and O–H groups in total. The van der Waals surface area contributed by atoms with Gasteiger partial charge in [-0.15, -0.1) is 0 Å². The predicted octanol–water partition coefficient (Wildman–Crippen LogP) is 5.44. The third-order valence-electron chi connectivity index (χ3n) is 12.3. The molecule has 2 saturated heterocycles. The van der Waals surface area contributed by atoms with Crippen molar-refractivity contribution in [2.24, 2.45) is 0 Å². The third-order valence-corrected chi connectivity index (χ3v) is 12.3. The summed E-state index contributed by atoms with van der Waals surface area (Å²) >= 11 is 0. The Morgan fingerprint density at radius 3 is 1.42 bits per heavy atom. The van der Waals surface area contributed by atoms with Crippen LogP contribution in [0.5, 0.6) is 0 Å². The fourth-order valence-electron chi connectivity index (χ4n) is 8.30. The highest BCUT2D eigenvalue weighted by Gasteiger charge is 2.51. The fourth-order valence-corrected chi connectivity index (χ4v) is 8.30. The molecule has 0 aliphatic carbocycles. The van der Waals surface area contributed by atoms with Crippen LogP contribution in [-0.2, 0) is 23.7 Å². The van der Waals surface area contributed by atoms with Crippen LogP contribution in [0.15, 0.2) is 0 Å². The van der Waals surface area contributed by atoms with Gasteiger partial charge < -0.3 is 65.1 Å². The molecule has 356 valence electrons. The first-order valence-corrected chi connectivity index (χ1v) is 24.3. The molecular formula is C46H89NO13. The van der Waals surface area contributed by atoms with Crippen molar-refractivity contribution in [3.05, 3.63) is 0 Å². The number of rotatable bonds is 37. The van der Waals surface area contributed by atoms with Crippen LogP contribution in [0, 0.1) is 0 Å². The molecular weight excluding hydrogens is 774 g/mol. The minimum atomic E-state index is -1.78. The van der Waals surface area contributed by atoms with Gasteiger partial charge in [-0.3, -0.25) is 4.79 Å². The maximum absolute atomic E-state index is 13.1. The Hall–Kier alpha value is -1.01. The molecule has 1 amide bonds. The van der Waals surface area contributed by atoms with Crippen LogP contribution < -0.4 is 5.32 Å². The number of carbonyl (C=O) groups is 1. The van der Waals surface area contributed by atoms with E-state index in [0.29, 0.717) is 12.8 Å². The zero-order valence-corrected chi connectivity index (χ0v) is 37.5. The van der Waals surface area contributed by atoms with Crippen LogP contribution in [0.2, 0.25) is 0 Å². The summed E-state index contributed by atoms with van der Waals surface area (Å²) in [4.78, 5) is 13.1. The lowest BCUT2D eigenvalue weighted by Gasteiger charge is -2.46. The van der Waals surface area contributed by atoms with Crippen molar-refractivity contribution in [2.75, 3.05) is 19.8 Å². The SMILES string of the molecule is CCCCCCCCCCCCCCCCCCC(=O)NC(COC1OC(CO)C(OC2OC(CO)C(O)C(O)C2O)C(O)C1O)C(O)CCCCCCCCCCCC. The molecule has 0 aromatic carbocycles. The van der Waals surface area contributed by atoms with Gasteiger partial charge in [0, 0.05) is 6.42 Å². The van der Waals surface area contributed by atoms with Gasteiger partial charge in [-0.05, 0) is 12.8 Å². The maximum atomic E-state index is 13.1. The van der Waals surface area contributed by atoms with E-state index in [9.17, 15) is 45.6 Å². The first-order valence-electron chi connectivity index (χ1n) is 24.3. The van der Waals surface area contributed by atoms with Crippen molar-refractivity contribution in [1.29, 1.82) is 0 Å². The van der Waals surface area contributed by atoms with Crippen molar-refractivity contribution in [2.45, 2.75) is 267 Å². The summed E-state index contributed by atoms with van der Waals surface area (Å²) in [5.41, 5.74) is 0. The van der Waals surface area contributed by atoms with E-state index in [1.165, 1.54) is 116 Å². The second-order valence-corrected chi connectivity index (χ2v) is 17.6. The van der Waals surface area contributed by atoms with E-state index < -0.39 is 86.8 Å². The first-order chi connectivity index (χ1) is 29.1. The molecule has 0 aromatic rings. The predicted molar refractivity (Wildman–Crippen MR) is 231 cm³/mol. The highest BCUT2D eigenvalue weighted by molar-refractivity contribution is 5.76. The second-order valence-electron chi connectivity index (χ2n) is 17.6. The lowest BCUT2D eigenvalue weighted by Crippen LogP contribution is -2.65. The highest BCUT2D eigenvalue weighted by atomic mass is 16.7. The number of unbranched alkanes of at least 4 members (excludes halogenated alkanes) is 24. The number of hydrogen-bond acceptors (Lipinski definition) is 13. The summed E-state index contributed by atoms with van der Waals surface area (Å²) in [6.45, 7) is 2.83. The molecule has 12 atom stereocenters. The van der Waals surface area contributed by atoms with E-state index in [-0.39, 0.29) is 12.5 Å². The molecule has 2 rings (SSSR count). The van der Waals surface area contributed by atoms with E-state index in [1.54, 1.807) is 0 Å². The number of ether oxygens (including phenoxy) is 4. The molecule has 2 heterocycles. The molecule has 14 nitrogen and oxygen atoms in total. The minimum Gasteiger partial charge on any atom is -0.394 e. The Kier molecular flexibility index (Phi) is 31.6. The van der Waals surface area contributed by atoms with E-state index in [1.807, 2.05) is 0 Å². The van der Waals surface area contributed by atoms with Crippen LogP contribution in [0.3, 0.4) is 0 Å². The average molecular weight is 864 g/mol. The topological polar surface area (TPSA) is 228 Å². The van der Waals surface area contributed by atoms with Gasteiger partial charge in [-0.1, -0.05) is 174 Å². The smallest absolute Gasteiger partial charge is 0.220 e. The number of aliphatic hydroxyl groups is 8. The largest absolute Gasteiger partial charge is 0.394 e. The van der Waals surface area contributed by atoms with Gasteiger partial charge in [0.15, 0.2) is 12.6 Å². The van der Waals surface area contributed by atoms with Crippen molar-refractivity contribution < 1.29 is 64.6 Å². The Bertz CT molecular complexity index is 1020. The molecule has 0 radical (unpaired) electrons. The summed E-state index contributed by atoms with van der Waals surface area (Å²) in [6.07, 6.45) is 15.4. The summed E-state index contributed by atoms with van der Waals surface area (Å²) in [6, 6.07) is -0.819. The summed E-state index contributed by atoms with van der Waals surface area (Å²) in [5, 5.41) is 86.6. The van der Waals surface area contributed by atoms with Gasteiger partial charge in [0.25, 0.3) is 0 Å². The van der Waals surface area contributed by atoms with E-state index in [2.05, 4.69) is 19.2 Å². The molecule has 14 heteroatoms. The summed E-state index contributed by atoms with van der Waals surface area (Å²) in [7, 11) is 0. The van der Waals surface area contributed by atoms with Crippen molar-refractivity contribution >= 4 is 5.91 Å². The second kappa shape index (κ2) is 34.4. The molecule has 60 heavy (non-hydrogen) atoms. The van der Waals surface area contributed by atoms with Gasteiger partial charge in [0.05, 0.1) is 32.0 Å². The molecule has 2 fully saturated rings. The van der Waals surface area contributed by atoms with Gasteiger partial charge in [0.1, 0.15) is 48.8 Å². The Morgan fingerprint density at radius 2 is 0.950 bits per heavy atom. The van der Waals surface area contributed by atoms with Crippen LogP contribution in [0.1, 0.15) is 194 Å². The number of carbonyl (C=O) groups excluding carboxylic acids is 1. The Balaban J connectivity index is 1.83. The quantitative estimate of drug-likeness (QED) is 0.0356. The molecule has 0 aromatic heterocycles. The van der Waals surface area contributed by atoms with Crippen LogP contribution in [0.4, 0.5) is 0 Å². The van der Waals surface area contributed by atoms with Gasteiger partial charge in [-0.25, -0.2) is 0 Å². The van der Waals surface area contributed by atoms with E-state index in [4.69, 9.17) is 18.9 Å². The number of aliphatic hydroxyl groups excluding tert-OH is 8. The molecule has 0 saturated carbocycles. The van der Waals surface area contributed by atoms with Gasteiger partial charge in [-0.2, -0.15) is 0 Å². The number of nitrogens with one attached hydrogen (secondary N) is 1. The standard InChI is InChI=1S/C46H89NO13/c1-3-5-7-9-11-13-15-16-17-18-19-20-22-24-26-28-30-38(51)47-34(35(50)29-27-25-23-21-14-12-10-8-6-4-2)33-57-45-43(56)41(54)44(37(32-49)59-45)60-46-42(55)40(53)39(52)36(31-48)58-46/h34-37,39-46,48-50,52-56H,3-33H2,1-2H3,(H,47,51). The lowest BCUT2D eigenvalue weighted by molar-refractivity contribution is -0.359. The van der Waals surface area contributed by atoms with Gasteiger partial charge in [0.2, 0.25) is 5.91 Å². The average Bonchev–Trinajstić information content (AvgIpc) is 3.24. The Labute approximate surface area is 362 Å². The van der Waals surface area contributed by atoms with Crippen LogP contribution >= 0.6 is 0 Å². The lowest BCUT2D eigenvalue weighted by atomic mass is 9.97. The molecule has 2 aliphatic heterocycles. The third kappa shape index (κ3) is 22.1. The maximum Gasteiger partial charge on any atom is 0.220 e. The van der Waals surface area contributed by atoms with Crippen molar-refractivity contribution in [3.8, 4) is 0 Å². The molecule has 0 spiro atoms. The molecule has 12 unspecified atom stereocenters. The van der Waals surface area contributed by atoms with E-state index >= 15 is 0 Å². The van der Waals surface area contributed by atoms with Crippen molar-refractivity contribution in [3.63, 3.8) is 0 Å². The number of amides is 1. The highest BCUT2D eigenvalue weighted by Crippen LogP contribution is 2.30. The number of hydrogen-bond donors (Lipinski definition) is 9. The first kappa shape index (κ1) is 55.1. The summed E-state index contributed by atoms with van der Waals surface area (Å²) < 4.78 is 22.7. The van der Waals surface area contributed by atoms with Crippen LogP contribution in [0.25, 0.3) is 0 Å². The monoisotopic (exact) mass is 864 g/mol. The van der Waals surface area contributed by atoms with Gasteiger partial charge >= 0.3 is 0 Å². The fraction of sp³-hybridized carbons (Fsp3) is 0.978. The van der Waals surface area contributed by atoms with Crippen LogP contribution in [-0.4, -0.2) is 140 Å². The Morgan fingerprint density at radius 1 is 0.533 bits per heavy atom. The zero-order chi connectivity index (χ0) is 44.0. The molecule has 0 bridgehead atoms. The normalized spacial score (nSPS) is 28.2. The molecule has 2 aliphatic rings. The minimum absolute atomic E-state index is 0.206. The summed E-state index contributed by atoms with van der Waals surface area (Å²) in [5.74, 6) is -0.206. The van der Waals surface area contributed by atoms with E-state index in [0.717, 1.165) is 51.4 Å².